The summed E-state index contributed by atoms with van der Waals surface area (Å²) in [4.78, 5) is 23.0. The van der Waals surface area contributed by atoms with Crippen molar-refractivity contribution in [2.24, 2.45) is 0 Å². The van der Waals surface area contributed by atoms with Crippen LogP contribution in [0.2, 0.25) is 10.0 Å². The molecule has 11 heteroatoms. The number of carbonyl (C=O) groups is 2. The van der Waals surface area contributed by atoms with Crippen LogP contribution < -0.4 is 10.1 Å². The highest BCUT2D eigenvalue weighted by molar-refractivity contribution is 6.37. The van der Waals surface area contributed by atoms with Gasteiger partial charge in [0.25, 0.3) is 6.47 Å². The number of hydrogen-bond donors (Lipinski definition) is 2. The number of benzene rings is 1. The van der Waals surface area contributed by atoms with Crippen LogP contribution in [0.15, 0.2) is 18.3 Å². The van der Waals surface area contributed by atoms with Gasteiger partial charge in [0.2, 0.25) is 5.91 Å². The highest BCUT2D eigenvalue weighted by Crippen LogP contribution is 2.35. The van der Waals surface area contributed by atoms with Crippen molar-refractivity contribution < 1.29 is 19.4 Å². The fourth-order valence-corrected chi connectivity index (χ4v) is 4.42. The summed E-state index contributed by atoms with van der Waals surface area (Å²) in [5.41, 5.74) is 1.71. The molecule has 1 aromatic carbocycles. The number of aryl methyl sites for hydroxylation is 1. The van der Waals surface area contributed by atoms with E-state index >= 15 is 0 Å². The molecule has 0 spiro atoms. The van der Waals surface area contributed by atoms with Crippen molar-refractivity contribution in [3.8, 4) is 5.75 Å². The first kappa shape index (κ1) is 23.3. The molecule has 3 aliphatic rings. The number of halogens is 2. The van der Waals surface area contributed by atoms with Gasteiger partial charge in [0.1, 0.15) is 12.3 Å². The van der Waals surface area contributed by atoms with E-state index in [0.717, 1.165) is 38.0 Å². The summed E-state index contributed by atoms with van der Waals surface area (Å²) < 4.78 is 7.53. The minimum Gasteiger partial charge on any atom is -0.484 e. The summed E-state index contributed by atoms with van der Waals surface area (Å²) >= 11 is 12.9. The molecule has 1 fully saturated rings. The Hall–Kier alpha value is -2.36. The highest BCUT2D eigenvalue weighted by atomic mass is 35.5. The van der Waals surface area contributed by atoms with E-state index in [9.17, 15) is 4.79 Å². The van der Waals surface area contributed by atoms with Crippen molar-refractivity contribution >= 4 is 35.6 Å². The average molecular weight is 470 g/mol. The van der Waals surface area contributed by atoms with Crippen LogP contribution >= 0.6 is 23.2 Å². The lowest BCUT2D eigenvalue weighted by Gasteiger charge is -2.33. The van der Waals surface area contributed by atoms with E-state index in [1.165, 1.54) is 0 Å². The van der Waals surface area contributed by atoms with Gasteiger partial charge in [-0.25, -0.2) is 0 Å². The molecule has 2 aromatic rings. The molecule has 1 saturated heterocycles. The average Bonchev–Trinajstić information content (AvgIpc) is 3.15. The van der Waals surface area contributed by atoms with Crippen molar-refractivity contribution in [3.05, 3.63) is 39.6 Å². The van der Waals surface area contributed by atoms with Crippen LogP contribution in [0.4, 0.5) is 0 Å². The molecule has 2 N–H and O–H groups in total. The van der Waals surface area contributed by atoms with Crippen LogP contribution in [-0.4, -0.2) is 56.5 Å². The third kappa shape index (κ3) is 6.81. The van der Waals surface area contributed by atoms with Crippen molar-refractivity contribution in [2.75, 3.05) is 13.1 Å². The first-order valence-electron chi connectivity index (χ1n) is 10.1. The molecule has 3 aliphatic heterocycles. The molecule has 0 radical (unpaired) electrons. The van der Waals surface area contributed by atoms with E-state index in [-0.39, 0.29) is 25.0 Å². The Morgan fingerprint density at radius 1 is 1.23 bits per heavy atom. The number of ether oxygens (including phenoxy) is 1. The van der Waals surface area contributed by atoms with E-state index < -0.39 is 0 Å². The Balaban J connectivity index is 0.000000858. The SMILES string of the molecule is O=C1CCCn2cc(nn2)COc2c(Cl)cc(cc2Cl)CN2CCCC(C2)N1.O=CO. The number of nitrogens with zero attached hydrogens (tertiary/aromatic N) is 4. The lowest BCUT2D eigenvalue weighted by atomic mass is 10.0. The number of hydrogen-bond acceptors (Lipinski definition) is 6. The molecule has 0 aliphatic carbocycles. The highest BCUT2D eigenvalue weighted by Gasteiger charge is 2.22. The largest absolute Gasteiger partial charge is 0.484 e. The van der Waals surface area contributed by atoms with Gasteiger partial charge in [-0.05, 0) is 43.5 Å². The fraction of sp³-hybridized carbons (Fsp3) is 0.500. The van der Waals surface area contributed by atoms with Crippen molar-refractivity contribution in [1.29, 1.82) is 0 Å². The van der Waals surface area contributed by atoms with Crippen LogP contribution in [0.3, 0.4) is 0 Å². The Kier molecular flexibility index (Phi) is 8.51. The Morgan fingerprint density at radius 2 is 1.97 bits per heavy atom. The normalized spacial score (nSPS) is 21.5. The molecular formula is C20H25Cl2N5O4. The van der Waals surface area contributed by atoms with Gasteiger partial charge in [0, 0.05) is 32.1 Å². The van der Waals surface area contributed by atoms with Crippen LogP contribution in [0.5, 0.6) is 5.75 Å². The third-order valence-corrected chi connectivity index (χ3v) is 5.64. The van der Waals surface area contributed by atoms with Gasteiger partial charge in [-0.3, -0.25) is 19.2 Å². The number of carbonyl (C=O) groups excluding carboxylic acids is 1. The predicted octanol–water partition coefficient (Wildman–Crippen LogP) is 2.74. The maximum Gasteiger partial charge on any atom is 0.290 e. The Labute approximate surface area is 190 Å². The van der Waals surface area contributed by atoms with Crippen LogP contribution in [0.25, 0.3) is 0 Å². The molecule has 0 saturated carbocycles. The number of piperidine rings is 1. The maximum absolute atomic E-state index is 12.3. The van der Waals surface area contributed by atoms with Gasteiger partial charge in [-0.1, -0.05) is 28.4 Å². The molecule has 2 unspecified atom stereocenters. The maximum atomic E-state index is 12.3. The zero-order valence-electron chi connectivity index (χ0n) is 17.0. The number of carboxylic acid groups (broad SMARTS) is 1. The van der Waals surface area contributed by atoms with Crippen molar-refractivity contribution in [2.45, 2.75) is 51.4 Å². The number of aromatic nitrogens is 3. The van der Waals surface area contributed by atoms with Gasteiger partial charge in [-0.15, -0.1) is 5.10 Å². The van der Waals surface area contributed by atoms with E-state index in [1.54, 1.807) is 4.68 Å². The van der Waals surface area contributed by atoms with Crippen molar-refractivity contribution in [1.82, 2.24) is 25.2 Å². The molecule has 4 heterocycles. The second kappa shape index (κ2) is 11.3. The predicted molar refractivity (Wildman–Crippen MR) is 115 cm³/mol. The Morgan fingerprint density at radius 3 is 2.71 bits per heavy atom. The summed E-state index contributed by atoms with van der Waals surface area (Å²) in [6.07, 6.45) is 5.06. The van der Waals surface area contributed by atoms with Crippen LogP contribution in [-0.2, 0) is 29.3 Å². The van der Waals surface area contributed by atoms with Crippen LogP contribution in [0, 0.1) is 0 Å². The summed E-state index contributed by atoms with van der Waals surface area (Å²) in [5.74, 6) is 0.554. The number of fused-ring (bicyclic) bond motifs is 7. The number of nitrogens with one attached hydrogen (secondary N) is 1. The minimum absolute atomic E-state index is 0.0899. The first-order valence-corrected chi connectivity index (χ1v) is 10.8. The van der Waals surface area contributed by atoms with Crippen LogP contribution in [0.1, 0.15) is 36.9 Å². The third-order valence-electron chi connectivity index (χ3n) is 5.08. The first-order chi connectivity index (χ1) is 15.0. The fourth-order valence-electron chi connectivity index (χ4n) is 3.78. The smallest absolute Gasteiger partial charge is 0.290 e. The summed E-state index contributed by atoms with van der Waals surface area (Å²) in [6, 6.07) is 3.96. The molecule has 9 nitrogen and oxygen atoms in total. The lowest BCUT2D eigenvalue weighted by molar-refractivity contribution is -0.123. The van der Waals surface area contributed by atoms with Gasteiger partial charge in [0.15, 0.2) is 5.75 Å². The molecular weight excluding hydrogens is 445 g/mol. The second-order valence-corrected chi connectivity index (χ2v) is 8.32. The molecule has 5 rings (SSSR count). The standard InChI is InChI=1S/C19H23Cl2N5O2.CH2O2/c20-16-7-13-8-17(21)19(16)28-12-15-11-26(24-23-15)6-2-4-18(27)22-14-3-1-5-25(9-13)10-14;2-1-3/h7-8,11,14H,1-6,9-10,12H2,(H,22,27);1H,(H,2,3). The topological polar surface area (TPSA) is 110 Å². The molecule has 6 bridgehead atoms. The van der Waals surface area contributed by atoms with E-state index in [0.29, 0.717) is 40.9 Å². The zero-order valence-corrected chi connectivity index (χ0v) is 18.5. The van der Waals surface area contributed by atoms with Gasteiger partial charge in [0.05, 0.1) is 16.2 Å². The summed E-state index contributed by atoms with van der Waals surface area (Å²) in [5, 5.41) is 19.2. The summed E-state index contributed by atoms with van der Waals surface area (Å²) in [6.45, 7) is 3.17. The Bertz CT molecular complexity index is 884. The number of amides is 1. The zero-order chi connectivity index (χ0) is 22.2. The van der Waals surface area contributed by atoms with Gasteiger partial charge < -0.3 is 15.2 Å². The second-order valence-electron chi connectivity index (χ2n) is 7.50. The van der Waals surface area contributed by atoms with E-state index in [2.05, 4.69) is 20.5 Å². The molecule has 31 heavy (non-hydrogen) atoms. The van der Waals surface area contributed by atoms with Gasteiger partial charge >= 0.3 is 0 Å². The monoisotopic (exact) mass is 469 g/mol. The molecule has 1 aromatic heterocycles. The molecule has 168 valence electrons. The summed E-state index contributed by atoms with van der Waals surface area (Å²) in [7, 11) is 0. The van der Waals surface area contributed by atoms with Crippen molar-refractivity contribution in [3.63, 3.8) is 0 Å². The molecule has 1 amide bonds. The van der Waals surface area contributed by atoms with E-state index in [4.69, 9.17) is 37.8 Å². The molecule has 2 atom stereocenters. The van der Waals surface area contributed by atoms with Gasteiger partial charge in [-0.2, -0.15) is 0 Å². The number of rotatable bonds is 0. The minimum atomic E-state index is -0.250. The quantitative estimate of drug-likeness (QED) is 0.570. The van der Waals surface area contributed by atoms with E-state index in [1.807, 2.05) is 18.3 Å². The lowest BCUT2D eigenvalue weighted by Crippen LogP contribution is -2.47.